The molecule has 4 aromatic rings. The molecular weight excluding hydrogens is 460 g/mol. The Balaban J connectivity index is 1.12. The number of benzene rings is 3. The van der Waals surface area contributed by atoms with E-state index < -0.39 is 0 Å². The molecular formula is C36H30N2. The molecule has 0 fully saturated rings. The number of hydrogen-bond acceptors (Lipinski definition) is 1. The van der Waals surface area contributed by atoms with Gasteiger partial charge >= 0.3 is 0 Å². The van der Waals surface area contributed by atoms with Crippen molar-refractivity contribution in [3.05, 3.63) is 144 Å². The number of nitrogens with one attached hydrogen (secondary N) is 1. The van der Waals surface area contributed by atoms with Crippen LogP contribution in [-0.2, 0) is 0 Å². The van der Waals surface area contributed by atoms with Crippen molar-refractivity contribution in [3.63, 3.8) is 0 Å². The van der Waals surface area contributed by atoms with Crippen LogP contribution in [0.15, 0.2) is 133 Å². The molecule has 1 N–H and O–H groups in total. The van der Waals surface area contributed by atoms with Crippen LogP contribution in [0.2, 0.25) is 0 Å². The largest absolute Gasteiger partial charge is 0.378 e. The van der Waals surface area contributed by atoms with Gasteiger partial charge in [-0.05, 0) is 71.9 Å². The van der Waals surface area contributed by atoms with Gasteiger partial charge in [-0.15, -0.1) is 0 Å². The summed E-state index contributed by atoms with van der Waals surface area (Å²) in [5.41, 5.74) is 10.7. The Bertz CT molecular complexity index is 1770. The number of fused-ring (bicyclic) bond motifs is 5. The maximum Gasteiger partial charge on any atom is 0.0554 e. The van der Waals surface area contributed by atoms with Crippen LogP contribution in [0, 0.1) is 5.92 Å². The first-order chi connectivity index (χ1) is 18.8. The maximum atomic E-state index is 3.81. The summed E-state index contributed by atoms with van der Waals surface area (Å²) in [5.74, 6) is 0.822. The monoisotopic (exact) mass is 490 g/mol. The van der Waals surface area contributed by atoms with Gasteiger partial charge in [0, 0.05) is 34.0 Å². The quantitative estimate of drug-likeness (QED) is 0.304. The first-order valence-corrected chi connectivity index (χ1v) is 13.9. The molecule has 3 aliphatic carbocycles. The van der Waals surface area contributed by atoms with E-state index in [4.69, 9.17) is 0 Å². The van der Waals surface area contributed by atoms with Crippen LogP contribution in [0.3, 0.4) is 0 Å². The summed E-state index contributed by atoms with van der Waals surface area (Å²) in [6.45, 7) is 0. The number of allylic oxidation sites excluding steroid dienone is 8. The predicted octanol–water partition coefficient (Wildman–Crippen LogP) is 8.52. The Labute approximate surface area is 223 Å². The van der Waals surface area contributed by atoms with Gasteiger partial charge in [-0.1, -0.05) is 91.1 Å². The van der Waals surface area contributed by atoms with Crippen molar-refractivity contribution in [2.75, 3.05) is 0 Å². The van der Waals surface area contributed by atoms with Gasteiger partial charge in [0.2, 0.25) is 0 Å². The highest BCUT2D eigenvalue weighted by Gasteiger charge is 2.35. The number of aromatic nitrogens is 1. The third kappa shape index (κ3) is 3.40. The highest BCUT2D eigenvalue weighted by Crippen LogP contribution is 2.43. The van der Waals surface area contributed by atoms with Gasteiger partial charge in [0.25, 0.3) is 0 Å². The zero-order chi connectivity index (χ0) is 25.1. The number of hydrogen-bond donors (Lipinski definition) is 1. The third-order valence-corrected chi connectivity index (χ3v) is 8.70. The molecule has 0 radical (unpaired) electrons. The van der Waals surface area contributed by atoms with Crippen molar-refractivity contribution < 1.29 is 0 Å². The Morgan fingerprint density at radius 3 is 2.53 bits per heavy atom. The molecule has 3 unspecified atom stereocenters. The molecule has 0 saturated carbocycles. The summed E-state index contributed by atoms with van der Waals surface area (Å²) in [6.07, 6.45) is 22.1. The minimum atomic E-state index is 0.334. The van der Waals surface area contributed by atoms with Crippen LogP contribution in [0.4, 0.5) is 0 Å². The van der Waals surface area contributed by atoms with E-state index in [1.807, 2.05) is 0 Å². The molecule has 0 amide bonds. The standard InChI is InChI=1S/C36H30N2/c1-3-9-24(10-4-1)27-15-18-29-31-21-25(16-19-33(31)37-34(29)23-27)26-17-20-36-32(22-26)30-13-7-8-14-35(30)38(36)28-11-5-2-6-12-28/h1,3-5,7-20,22-23,25,29,34,37H,2,6,21H2. The van der Waals surface area contributed by atoms with Gasteiger partial charge in [-0.25, -0.2) is 0 Å². The van der Waals surface area contributed by atoms with Crippen molar-refractivity contribution in [1.29, 1.82) is 0 Å². The summed E-state index contributed by atoms with van der Waals surface area (Å²) >= 11 is 0. The van der Waals surface area contributed by atoms with E-state index in [1.54, 1.807) is 5.57 Å². The van der Waals surface area contributed by atoms with Crippen LogP contribution in [0.25, 0.3) is 33.1 Å². The molecule has 3 aromatic carbocycles. The topological polar surface area (TPSA) is 17.0 Å². The van der Waals surface area contributed by atoms with E-state index in [9.17, 15) is 0 Å². The SMILES string of the molecule is C1=CC(n2c3ccccc3c3cc(C4C=CC5=C(C4)C4C=CC(c6ccccc6)=CC4N5)ccc32)=CCC1. The molecule has 2 heterocycles. The van der Waals surface area contributed by atoms with Crippen LogP contribution < -0.4 is 5.32 Å². The zero-order valence-corrected chi connectivity index (χ0v) is 21.3. The molecule has 184 valence electrons. The van der Waals surface area contributed by atoms with Crippen molar-refractivity contribution in [1.82, 2.24) is 9.88 Å². The number of rotatable bonds is 3. The van der Waals surface area contributed by atoms with E-state index in [1.165, 1.54) is 49.9 Å². The molecule has 8 rings (SSSR count). The summed E-state index contributed by atoms with van der Waals surface area (Å²) in [6, 6.07) is 27.0. The summed E-state index contributed by atoms with van der Waals surface area (Å²) in [5, 5.41) is 6.49. The van der Waals surface area contributed by atoms with Gasteiger partial charge in [0.1, 0.15) is 0 Å². The fourth-order valence-electron chi connectivity index (χ4n) is 6.83. The maximum absolute atomic E-state index is 3.81. The molecule has 3 atom stereocenters. The minimum absolute atomic E-state index is 0.334. The van der Waals surface area contributed by atoms with Crippen LogP contribution >= 0.6 is 0 Å². The van der Waals surface area contributed by atoms with Gasteiger partial charge in [0.05, 0.1) is 17.1 Å². The van der Waals surface area contributed by atoms with Crippen LogP contribution in [0.1, 0.15) is 36.3 Å². The molecule has 0 saturated heterocycles. The van der Waals surface area contributed by atoms with Crippen molar-refractivity contribution in [2.24, 2.45) is 5.92 Å². The second-order valence-electron chi connectivity index (χ2n) is 10.9. The molecule has 0 spiro atoms. The lowest BCUT2D eigenvalue weighted by Gasteiger charge is -2.24. The number of nitrogens with zero attached hydrogens (tertiary/aromatic N) is 1. The van der Waals surface area contributed by atoms with Crippen LogP contribution in [-0.4, -0.2) is 10.6 Å². The normalized spacial score (nSPS) is 23.8. The fraction of sp³-hybridized carbons (Fsp3) is 0.167. The lowest BCUT2D eigenvalue weighted by Crippen LogP contribution is -2.27. The van der Waals surface area contributed by atoms with Crippen molar-refractivity contribution in [3.8, 4) is 0 Å². The minimum Gasteiger partial charge on any atom is -0.378 e. The van der Waals surface area contributed by atoms with Gasteiger partial charge < -0.3 is 9.88 Å². The lowest BCUT2D eigenvalue weighted by atomic mass is 9.79. The molecule has 2 nitrogen and oxygen atoms in total. The second-order valence-corrected chi connectivity index (χ2v) is 10.9. The molecule has 0 bridgehead atoms. The van der Waals surface area contributed by atoms with Crippen LogP contribution in [0.5, 0.6) is 0 Å². The summed E-state index contributed by atoms with van der Waals surface area (Å²) in [7, 11) is 0. The van der Waals surface area contributed by atoms with E-state index in [2.05, 4.69) is 131 Å². The van der Waals surface area contributed by atoms with E-state index >= 15 is 0 Å². The van der Waals surface area contributed by atoms with Gasteiger partial charge in [-0.2, -0.15) is 0 Å². The van der Waals surface area contributed by atoms with E-state index in [0.29, 0.717) is 17.9 Å². The molecule has 1 aliphatic heterocycles. The molecule has 38 heavy (non-hydrogen) atoms. The Kier molecular flexibility index (Phi) is 4.94. The summed E-state index contributed by atoms with van der Waals surface area (Å²) < 4.78 is 2.44. The molecule has 1 aromatic heterocycles. The number of para-hydroxylation sites is 1. The Hall–Kier alpha value is -4.30. The van der Waals surface area contributed by atoms with Crippen molar-refractivity contribution in [2.45, 2.75) is 31.2 Å². The first-order valence-electron chi connectivity index (χ1n) is 13.9. The zero-order valence-electron chi connectivity index (χ0n) is 21.3. The Morgan fingerprint density at radius 1 is 0.763 bits per heavy atom. The third-order valence-electron chi connectivity index (χ3n) is 8.70. The lowest BCUT2D eigenvalue weighted by molar-refractivity contribution is 0.612. The predicted molar refractivity (Wildman–Crippen MR) is 160 cm³/mol. The van der Waals surface area contributed by atoms with Gasteiger partial charge in [0.15, 0.2) is 0 Å². The smallest absolute Gasteiger partial charge is 0.0554 e. The van der Waals surface area contributed by atoms with E-state index in [0.717, 1.165) is 19.3 Å². The van der Waals surface area contributed by atoms with E-state index in [-0.39, 0.29) is 0 Å². The average molecular weight is 491 g/mol. The fourth-order valence-corrected chi connectivity index (χ4v) is 6.83. The second kappa shape index (κ2) is 8.63. The Morgan fingerprint density at radius 2 is 1.63 bits per heavy atom. The highest BCUT2D eigenvalue weighted by atomic mass is 15.0. The van der Waals surface area contributed by atoms with Crippen molar-refractivity contribution >= 4 is 33.1 Å². The molecule has 4 aliphatic rings. The molecule has 2 heteroatoms. The first kappa shape index (κ1) is 21.8. The summed E-state index contributed by atoms with van der Waals surface area (Å²) in [4.78, 5) is 0. The van der Waals surface area contributed by atoms with Gasteiger partial charge in [-0.3, -0.25) is 0 Å². The average Bonchev–Trinajstić information content (AvgIpc) is 3.52. The highest BCUT2D eigenvalue weighted by molar-refractivity contribution is 6.10.